The molecule has 0 aromatic carbocycles. The Morgan fingerprint density at radius 1 is 1.61 bits per heavy atom. The smallest absolute Gasteiger partial charge is 0.128 e. The van der Waals surface area contributed by atoms with E-state index >= 15 is 0 Å². The maximum atomic E-state index is 5.68. The molecule has 0 amide bonds. The van der Waals surface area contributed by atoms with E-state index in [1.54, 1.807) is 6.20 Å². The van der Waals surface area contributed by atoms with Crippen LogP contribution in [0.2, 0.25) is 0 Å². The molecule has 98 valence electrons. The number of hydrogen-bond acceptors (Lipinski definition) is 4. The molecule has 1 fully saturated rings. The van der Waals surface area contributed by atoms with Crippen LogP contribution in [-0.2, 0) is 4.74 Å². The van der Waals surface area contributed by atoms with Crippen LogP contribution in [0.1, 0.15) is 25.8 Å². The molecule has 4 nitrogen and oxygen atoms in total. The molecule has 0 bridgehead atoms. The molecule has 1 aromatic rings. The fraction of sp³-hybridized carbons (Fsp3) is 0.538. The van der Waals surface area contributed by atoms with E-state index in [0.717, 1.165) is 31.0 Å². The van der Waals surface area contributed by atoms with E-state index in [1.807, 2.05) is 12.1 Å². The largest absolute Gasteiger partial charge is 0.389 e. The molecule has 18 heavy (non-hydrogen) atoms. The number of aromatic nitrogens is 1. The maximum Gasteiger partial charge on any atom is 0.128 e. The molecule has 2 rings (SSSR count). The summed E-state index contributed by atoms with van der Waals surface area (Å²) in [4.78, 5) is 7.15. The Balaban J connectivity index is 2.20. The van der Waals surface area contributed by atoms with Crippen molar-refractivity contribution in [2.45, 2.75) is 32.4 Å². The minimum atomic E-state index is 0.241. The fourth-order valence-electron chi connectivity index (χ4n) is 2.16. The predicted molar refractivity (Wildman–Crippen MR) is 77.0 cm³/mol. The van der Waals surface area contributed by atoms with Gasteiger partial charge in [0.05, 0.1) is 18.8 Å². The van der Waals surface area contributed by atoms with E-state index < -0.39 is 0 Å². The molecule has 2 unspecified atom stereocenters. The molecular formula is C13H19N3OS. The van der Waals surface area contributed by atoms with Gasteiger partial charge >= 0.3 is 0 Å². The van der Waals surface area contributed by atoms with E-state index in [-0.39, 0.29) is 6.10 Å². The lowest BCUT2D eigenvalue weighted by molar-refractivity contribution is 0.0296. The Morgan fingerprint density at radius 3 is 2.94 bits per heavy atom. The number of hydrogen-bond donors (Lipinski definition) is 1. The second-order valence-electron chi connectivity index (χ2n) is 4.63. The van der Waals surface area contributed by atoms with E-state index in [9.17, 15) is 0 Å². The zero-order valence-electron chi connectivity index (χ0n) is 10.8. The van der Waals surface area contributed by atoms with Crippen LogP contribution in [-0.4, -0.2) is 35.3 Å². The van der Waals surface area contributed by atoms with Crippen molar-refractivity contribution in [3.05, 3.63) is 23.9 Å². The van der Waals surface area contributed by atoms with Crippen LogP contribution in [0.5, 0.6) is 0 Å². The molecule has 0 aliphatic carbocycles. The number of anilines is 1. The summed E-state index contributed by atoms with van der Waals surface area (Å²) in [5.41, 5.74) is 6.38. The van der Waals surface area contributed by atoms with Gasteiger partial charge in [-0.15, -0.1) is 0 Å². The van der Waals surface area contributed by atoms with Crippen molar-refractivity contribution in [3.8, 4) is 0 Å². The van der Waals surface area contributed by atoms with Crippen LogP contribution in [0, 0.1) is 0 Å². The number of morpholine rings is 1. The van der Waals surface area contributed by atoms with Crippen molar-refractivity contribution >= 4 is 23.0 Å². The number of nitrogens with zero attached hydrogens (tertiary/aromatic N) is 2. The van der Waals surface area contributed by atoms with Gasteiger partial charge in [0, 0.05) is 18.3 Å². The standard InChI is InChI=1S/C13H19N3OS/c1-3-11-8-17-9(2)7-16(11)12-5-4-10(6-15-12)13(14)18/h4-6,9,11H,3,7-8H2,1-2H3,(H2,14,18). The average Bonchev–Trinajstić information content (AvgIpc) is 2.39. The van der Waals surface area contributed by atoms with Gasteiger partial charge in [-0.2, -0.15) is 0 Å². The van der Waals surface area contributed by atoms with E-state index in [4.69, 9.17) is 22.7 Å². The summed E-state index contributed by atoms with van der Waals surface area (Å²) in [5, 5.41) is 0. The van der Waals surface area contributed by atoms with E-state index in [2.05, 4.69) is 23.7 Å². The van der Waals surface area contributed by atoms with Crippen LogP contribution >= 0.6 is 12.2 Å². The maximum absolute atomic E-state index is 5.68. The van der Waals surface area contributed by atoms with E-state index in [1.165, 1.54) is 0 Å². The number of ether oxygens (including phenoxy) is 1. The molecular weight excluding hydrogens is 246 g/mol. The van der Waals surface area contributed by atoms with Crippen molar-refractivity contribution in [1.29, 1.82) is 0 Å². The lowest BCUT2D eigenvalue weighted by Gasteiger charge is -2.39. The zero-order chi connectivity index (χ0) is 13.1. The highest BCUT2D eigenvalue weighted by Gasteiger charge is 2.26. The van der Waals surface area contributed by atoms with Crippen LogP contribution in [0.3, 0.4) is 0 Å². The lowest BCUT2D eigenvalue weighted by atomic mass is 10.1. The molecule has 1 aliphatic heterocycles. The lowest BCUT2D eigenvalue weighted by Crippen LogP contribution is -2.49. The van der Waals surface area contributed by atoms with Gasteiger partial charge in [0.25, 0.3) is 0 Å². The average molecular weight is 265 g/mol. The molecule has 0 radical (unpaired) electrons. The van der Waals surface area contributed by atoms with Crippen molar-refractivity contribution in [1.82, 2.24) is 4.98 Å². The Bertz CT molecular complexity index is 421. The Kier molecular flexibility index (Phi) is 4.14. The zero-order valence-corrected chi connectivity index (χ0v) is 11.6. The minimum Gasteiger partial charge on any atom is -0.389 e. The van der Waals surface area contributed by atoms with Gasteiger partial charge < -0.3 is 15.4 Å². The van der Waals surface area contributed by atoms with Crippen LogP contribution in [0.25, 0.3) is 0 Å². The highest BCUT2D eigenvalue weighted by atomic mass is 32.1. The molecule has 2 N–H and O–H groups in total. The first-order valence-electron chi connectivity index (χ1n) is 6.26. The molecule has 0 saturated carbocycles. The second-order valence-corrected chi connectivity index (χ2v) is 5.07. The van der Waals surface area contributed by atoms with Crippen LogP contribution in [0.4, 0.5) is 5.82 Å². The third-order valence-corrected chi connectivity index (χ3v) is 3.50. The summed E-state index contributed by atoms with van der Waals surface area (Å²) in [7, 11) is 0. The van der Waals surface area contributed by atoms with Gasteiger partial charge in [0.1, 0.15) is 10.8 Å². The quantitative estimate of drug-likeness (QED) is 0.843. The van der Waals surface area contributed by atoms with Crippen molar-refractivity contribution < 1.29 is 4.74 Å². The molecule has 5 heteroatoms. The highest BCUT2D eigenvalue weighted by Crippen LogP contribution is 2.21. The fourth-order valence-corrected chi connectivity index (χ4v) is 2.29. The third-order valence-electron chi connectivity index (χ3n) is 3.27. The first kappa shape index (κ1) is 13.2. The van der Waals surface area contributed by atoms with Gasteiger partial charge in [0.15, 0.2) is 0 Å². The molecule has 1 saturated heterocycles. The first-order valence-corrected chi connectivity index (χ1v) is 6.66. The third kappa shape index (κ3) is 2.79. The van der Waals surface area contributed by atoms with Gasteiger partial charge in [-0.25, -0.2) is 4.98 Å². The topological polar surface area (TPSA) is 51.4 Å². The molecule has 0 spiro atoms. The minimum absolute atomic E-state index is 0.241. The summed E-state index contributed by atoms with van der Waals surface area (Å²) in [6, 6.07) is 4.30. The van der Waals surface area contributed by atoms with Crippen molar-refractivity contribution in [2.75, 3.05) is 18.1 Å². The first-order chi connectivity index (χ1) is 8.61. The van der Waals surface area contributed by atoms with Gasteiger partial charge in [-0.3, -0.25) is 0 Å². The van der Waals surface area contributed by atoms with Crippen LogP contribution < -0.4 is 10.6 Å². The molecule has 2 atom stereocenters. The monoisotopic (exact) mass is 265 g/mol. The summed E-state index contributed by atoms with van der Waals surface area (Å²) < 4.78 is 5.68. The molecule has 1 aromatic heterocycles. The van der Waals surface area contributed by atoms with E-state index in [0.29, 0.717) is 11.0 Å². The summed E-state index contributed by atoms with van der Waals surface area (Å²) >= 11 is 4.93. The number of pyridine rings is 1. The summed E-state index contributed by atoms with van der Waals surface area (Å²) in [6.07, 6.45) is 3.03. The normalized spacial score (nSPS) is 24.0. The van der Waals surface area contributed by atoms with Gasteiger partial charge in [-0.1, -0.05) is 19.1 Å². The number of nitrogens with two attached hydrogens (primary N) is 1. The van der Waals surface area contributed by atoms with Gasteiger partial charge in [0.2, 0.25) is 0 Å². The highest BCUT2D eigenvalue weighted by molar-refractivity contribution is 7.80. The van der Waals surface area contributed by atoms with Crippen LogP contribution in [0.15, 0.2) is 18.3 Å². The Morgan fingerprint density at radius 2 is 2.39 bits per heavy atom. The Labute approximate surface area is 113 Å². The number of rotatable bonds is 3. The second kappa shape index (κ2) is 5.63. The molecule has 2 heterocycles. The number of thiocarbonyl (C=S) groups is 1. The summed E-state index contributed by atoms with van der Waals surface area (Å²) in [5.74, 6) is 0.969. The van der Waals surface area contributed by atoms with Crippen molar-refractivity contribution in [3.63, 3.8) is 0 Å². The predicted octanol–water partition coefficient (Wildman–Crippen LogP) is 1.72. The Hall–Kier alpha value is -1.20. The summed E-state index contributed by atoms with van der Waals surface area (Å²) in [6.45, 7) is 5.89. The SMILES string of the molecule is CCC1COC(C)CN1c1ccc(C(N)=S)cn1. The molecule has 1 aliphatic rings. The van der Waals surface area contributed by atoms with Gasteiger partial charge in [-0.05, 0) is 25.5 Å². The van der Waals surface area contributed by atoms with Crippen molar-refractivity contribution in [2.24, 2.45) is 5.73 Å².